The second-order valence-electron chi connectivity index (χ2n) is 7.80. The topological polar surface area (TPSA) is 93.0 Å². The molecule has 1 atom stereocenters. The zero-order valence-electron chi connectivity index (χ0n) is 17.2. The van der Waals surface area contributed by atoms with Crippen LogP contribution < -0.4 is 5.32 Å². The molecule has 2 amide bonds. The molecule has 30 heavy (non-hydrogen) atoms. The van der Waals surface area contributed by atoms with Crippen LogP contribution in [0.1, 0.15) is 42.9 Å². The van der Waals surface area contributed by atoms with Crippen molar-refractivity contribution in [1.82, 2.24) is 25.1 Å². The predicted molar refractivity (Wildman–Crippen MR) is 119 cm³/mol. The average Bonchev–Trinajstić information content (AvgIpc) is 3.49. The van der Waals surface area contributed by atoms with Gasteiger partial charge >= 0.3 is 0 Å². The molecule has 1 saturated carbocycles. The first-order valence-electron chi connectivity index (χ1n) is 10.2. The van der Waals surface area contributed by atoms with Crippen LogP contribution in [-0.4, -0.2) is 60.3 Å². The van der Waals surface area contributed by atoms with Gasteiger partial charge in [-0.15, -0.1) is 16.9 Å². The average molecular weight is 447 g/mol. The summed E-state index contributed by atoms with van der Waals surface area (Å²) in [6.45, 7) is 4.05. The molecule has 2 heterocycles. The van der Waals surface area contributed by atoms with Gasteiger partial charge in [0.2, 0.25) is 17.0 Å². The van der Waals surface area contributed by atoms with Gasteiger partial charge in [0.1, 0.15) is 6.04 Å². The normalized spacial score (nSPS) is 19.4. The smallest absolute Gasteiger partial charge is 0.248 e. The lowest BCUT2D eigenvalue weighted by atomic mass is 10.1. The molecular formula is C20H26N6O2S2. The molecule has 2 fully saturated rings. The summed E-state index contributed by atoms with van der Waals surface area (Å²) in [6.07, 6.45) is 4.54. The maximum atomic E-state index is 12.9. The number of carbonyl (C=O) groups is 2. The zero-order valence-corrected chi connectivity index (χ0v) is 18.8. The van der Waals surface area contributed by atoms with Crippen LogP contribution in [0.5, 0.6) is 0 Å². The molecule has 0 radical (unpaired) electrons. The lowest BCUT2D eigenvalue weighted by Gasteiger charge is -2.23. The van der Waals surface area contributed by atoms with Gasteiger partial charge in [0.25, 0.3) is 0 Å². The maximum absolute atomic E-state index is 12.9. The summed E-state index contributed by atoms with van der Waals surface area (Å²) in [6, 6.07) is 5.71. The van der Waals surface area contributed by atoms with Crippen molar-refractivity contribution in [2.75, 3.05) is 22.7 Å². The summed E-state index contributed by atoms with van der Waals surface area (Å²) < 4.78 is 1.85. The molecule has 4 rings (SSSR count). The number of aromatic nitrogens is 4. The third-order valence-electron chi connectivity index (χ3n) is 5.74. The lowest BCUT2D eigenvalue weighted by Crippen LogP contribution is -2.45. The van der Waals surface area contributed by atoms with E-state index >= 15 is 0 Å². The molecule has 0 spiro atoms. The first kappa shape index (κ1) is 21.2. The highest BCUT2D eigenvalue weighted by Gasteiger charge is 2.35. The Morgan fingerprint density at radius 3 is 2.80 bits per heavy atom. The van der Waals surface area contributed by atoms with Crippen LogP contribution in [0.4, 0.5) is 5.69 Å². The van der Waals surface area contributed by atoms with Gasteiger partial charge in [0.05, 0.1) is 17.7 Å². The highest BCUT2D eigenvalue weighted by molar-refractivity contribution is 8.00. The molecule has 2 aliphatic rings. The predicted octanol–water partition coefficient (Wildman–Crippen LogP) is 3.04. The Balaban J connectivity index is 1.36. The van der Waals surface area contributed by atoms with Crippen LogP contribution in [0.2, 0.25) is 0 Å². The van der Waals surface area contributed by atoms with E-state index in [0.29, 0.717) is 22.8 Å². The molecule has 1 aliphatic heterocycles. The minimum Gasteiger partial charge on any atom is -0.324 e. The molecule has 1 unspecified atom stereocenters. The molecular weight excluding hydrogens is 420 g/mol. The van der Waals surface area contributed by atoms with Crippen molar-refractivity contribution in [3.8, 4) is 0 Å². The van der Waals surface area contributed by atoms with Crippen LogP contribution >= 0.6 is 23.5 Å². The quantitative estimate of drug-likeness (QED) is 0.682. The van der Waals surface area contributed by atoms with E-state index in [2.05, 4.69) is 20.8 Å². The van der Waals surface area contributed by atoms with Gasteiger partial charge in [0, 0.05) is 11.4 Å². The molecule has 0 bridgehead atoms. The standard InChI is InChI=1S/C20H26N6O2S2/c1-13-7-8-15(9-14(13)2)21-19(28)17-10-29-12-25(17)18(27)11-30-20-22-23-24-26(20)16-5-3-4-6-16/h7-9,16-17H,3-6,10-12H2,1-2H3,(H,21,28). The summed E-state index contributed by atoms with van der Waals surface area (Å²) in [4.78, 5) is 27.4. The number of tetrazole rings is 1. The molecule has 1 aromatic heterocycles. The van der Waals surface area contributed by atoms with Gasteiger partial charge < -0.3 is 10.2 Å². The van der Waals surface area contributed by atoms with E-state index in [9.17, 15) is 9.59 Å². The largest absolute Gasteiger partial charge is 0.324 e. The maximum Gasteiger partial charge on any atom is 0.248 e. The fraction of sp³-hybridized carbons (Fsp3) is 0.550. The summed E-state index contributed by atoms with van der Waals surface area (Å²) in [5.74, 6) is 1.15. The van der Waals surface area contributed by atoms with Gasteiger partial charge in [-0.3, -0.25) is 9.59 Å². The Bertz CT molecular complexity index is 928. The van der Waals surface area contributed by atoms with E-state index in [0.717, 1.165) is 24.1 Å². The Morgan fingerprint density at radius 2 is 2.03 bits per heavy atom. The summed E-state index contributed by atoms with van der Waals surface area (Å²) in [5, 5.41) is 15.6. The number of hydrogen-bond acceptors (Lipinski definition) is 7. The van der Waals surface area contributed by atoms with Gasteiger partial charge in [-0.1, -0.05) is 30.7 Å². The van der Waals surface area contributed by atoms with Crippen molar-refractivity contribution in [2.45, 2.75) is 56.8 Å². The second-order valence-corrected chi connectivity index (χ2v) is 9.74. The molecule has 1 aliphatic carbocycles. The number of rotatable bonds is 6. The number of aryl methyl sites for hydroxylation is 2. The van der Waals surface area contributed by atoms with Gasteiger partial charge in [0.15, 0.2) is 0 Å². The molecule has 1 saturated heterocycles. The van der Waals surface area contributed by atoms with Crippen molar-refractivity contribution in [3.05, 3.63) is 29.3 Å². The molecule has 10 heteroatoms. The SMILES string of the molecule is Cc1ccc(NC(=O)C2CSCN2C(=O)CSc2nnnn2C2CCCC2)cc1C. The number of thioether (sulfide) groups is 2. The fourth-order valence-electron chi connectivity index (χ4n) is 3.82. The number of benzene rings is 1. The molecule has 1 N–H and O–H groups in total. The Morgan fingerprint density at radius 1 is 1.23 bits per heavy atom. The minimum absolute atomic E-state index is 0.0637. The summed E-state index contributed by atoms with van der Waals surface area (Å²) in [7, 11) is 0. The van der Waals surface area contributed by atoms with Crippen LogP contribution in [0.25, 0.3) is 0 Å². The first-order valence-corrected chi connectivity index (χ1v) is 12.3. The van der Waals surface area contributed by atoms with Gasteiger partial charge in [-0.2, -0.15) is 0 Å². The van der Waals surface area contributed by atoms with Crippen molar-refractivity contribution >= 4 is 41.0 Å². The third-order valence-corrected chi connectivity index (χ3v) is 7.67. The fourth-order valence-corrected chi connectivity index (χ4v) is 5.83. The minimum atomic E-state index is -0.462. The molecule has 160 valence electrons. The van der Waals surface area contributed by atoms with E-state index in [-0.39, 0.29) is 17.6 Å². The summed E-state index contributed by atoms with van der Waals surface area (Å²) in [5.41, 5.74) is 3.06. The second kappa shape index (κ2) is 9.38. The van der Waals surface area contributed by atoms with Crippen molar-refractivity contribution in [2.24, 2.45) is 0 Å². The monoisotopic (exact) mass is 446 g/mol. The van der Waals surface area contributed by atoms with Crippen LogP contribution in [-0.2, 0) is 9.59 Å². The lowest BCUT2D eigenvalue weighted by molar-refractivity contribution is -0.134. The summed E-state index contributed by atoms with van der Waals surface area (Å²) >= 11 is 2.95. The van der Waals surface area contributed by atoms with Crippen molar-refractivity contribution < 1.29 is 9.59 Å². The van der Waals surface area contributed by atoms with Gasteiger partial charge in [-0.25, -0.2) is 4.68 Å². The van der Waals surface area contributed by atoms with Crippen LogP contribution in [0, 0.1) is 13.8 Å². The highest BCUT2D eigenvalue weighted by atomic mass is 32.2. The number of carbonyl (C=O) groups excluding carboxylic acids is 2. The Hall–Kier alpha value is -2.07. The number of nitrogens with one attached hydrogen (secondary N) is 1. The van der Waals surface area contributed by atoms with Gasteiger partial charge in [-0.05, 0) is 60.4 Å². The highest BCUT2D eigenvalue weighted by Crippen LogP contribution is 2.32. The van der Waals surface area contributed by atoms with E-state index in [1.807, 2.05) is 36.7 Å². The van der Waals surface area contributed by atoms with Crippen molar-refractivity contribution in [3.63, 3.8) is 0 Å². The molecule has 8 nitrogen and oxygen atoms in total. The number of hydrogen-bond donors (Lipinski definition) is 1. The number of amides is 2. The zero-order chi connectivity index (χ0) is 21.1. The molecule has 2 aromatic rings. The first-order chi connectivity index (χ1) is 14.5. The number of anilines is 1. The van der Waals surface area contributed by atoms with Crippen molar-refractivity contribution in [1.29, 1.82) is 0 Å². The molecule has 1 aromatic carbocycles. The third kappa shape index (κ3) is 4.64. The van der Waals surface area contributed by atoms with Crippen LogP contribution in [0.3, 0.4) is 0 Å². The Kier molecular flexibility index (Phi) is 6.62. The van der Waals surface area contributed by atoms with E-state index in [1.54, 1.807) is 16.7 Å². The van der Waals surface area contributed by atoms with E-state index in [4.69, 9.17) is 0 Å². The van der Waals surface area contributed by atoms with Crippen LogP contribution in [0.15, 0.2) is 23.4 Å². The van der Waals surface area contributed by atoms with E-state index in [1.165, 1.54) is 30.2 Å². The number of nitrogens with zero attached hydrogens (tertiary/aromatic N) is 5. The Labute approximate surface area is 184 Å². The van der Waals surface area contributed by atoms with E-state index < -0.39 is 6.04 Å².